The first-order valence-corrected chi connectivity index (χ1v) is 5.53. The molecule has 1 aromatic carbocycles. The summed E-state index contributed by atoms with van der Waals surface area (Å²) in [6.45, 7) is 0.709. The van der Waals surface area contributed by atoms with Crippen molar-refractivity contribution >= 4 is 5.97 Å². The summed E-state index contributed by atoms with van der Waals surface area (Å²) in [6.07, 6.45) is -0.104. The Kier molecular flexibility index (Phi) is 5.54. The first-order valence-electron chi connectivity index (χ1n) is 5.53. The van der Waals surface area contributed by atoms with Crippen LogP contribution in [0.2, 0.25) is 0 Å². The summed E-state index contributed by atoms with van der Waals surface area (Å²) in [5, 5.41) is 11.5. The normalized spacial score (nSPS) is 12.2. The highest BCUT2D eigenvalue weighted by atomic mass is 19.1. The molecule has 100 valence electrons. The van der Waals surface area contributed by atoms with Crippen LogP contribution < -0.4 is 15.8 Å². The van der Waals surface area contributed by atoms with Gasteiger partial charge in [-0.3, -0.25) is 4.79 Å². The van der Waals surface area contributed by atoms with Gasteiger partial charge in [-0.1, -0.05) is 0 Å². The van der Waals surface area contributed by atoms with Crippen LogP contribution in [0.3, 0.4) is 0 Å². The van der Waals surface area contributed by atoms with E-state index >= 15 is 0 Å². The topological polar surface area (TPSA) is 84.6 Å². The molecule has 1 rings (SSSR count). The Labute approximate surface area is 105 Å². The highest BCUT2D eigenvalue weighted by Gasteiger charge is 2.09. The number of methoxy groups -OCH3 is 1. The number of rotatable bonds is 7. The molecule has 6 heteroatoms. The van der Waals surface area contributed by atoms with E-state index < -0.39 is 12.0 Å². The summed E-state index contributed by atoms with van der Waals surface area (Å²) in [4.78, 5) is 10.4. The Balaban J connectivity index is 2.48. The summed E-state index contributed by atoms with van der Waals surface area (Å²) in [5.41, 5.74) is 6.26. The minimum Gasteiger partial charge on any atom is -0.496 e. The second-order valence-corrected chi connectivity index (χ2v) is 3.95. The summed E-state index contributed by atoms with van der Waals surface area (Å²) in [5.74, 6) is -0.703. The Bertz CT molecular complexity index is 412. The van der Waals surface area contributed by atoms with Crippen LogP contribution in [0.15, 0.2) is 18.2 Å². The number of carboxylic acids is 1. The quantitative estimate of drug-likeness (QED) is 0.669. The number of hydrogen-bond donors (Lipinski definition) is 3. The van der Waals surface area contributed by atoms with Crippen molar-refractivity contribution < 1.29 is 19.0 Å². The van der Waals surface area contributed by atoms with Crippen molar-refractivity contribution in [2.75, 3.05) is 13.7 Å². The Morgan fingerprint density at radius 2 is 2.33 bits per heavy atom. The fourth-order valence-electron chi connectivity index (χ4n) is 1.57. The van der Waals surface area contributed by atoms with Gasteiger partial charge in [0, 0.05) is 24.7 Å². The lowest BCUT2D eigenvalue weighted by molar-refractivity contribution is -0.137. The average molecular weight is 256 g/mol. The SMILES string of the molecule is COc1ccc(F)cc1CNCC(N)CC(=O)O. The lowest BCUT2D eigenvalue weighted by Gasteiger charge is -2.12. The van der Waals surface area contributed by atoms with Crippen LogP contribution >= 0.6 is 0 Å². The van der Waals surface area contributed by atoms with E-state index in [1.807, 2.05) is 0 Å². The molecule has 0 radical (unpaired) electrons. The van der Waals surface area contributed by atoms with Crippen LogP contribution in [-0.2, 0) is 11.3 Å². The molecule has 0 heterocycles. The van der Waals surface area contributed by atoms with Gasteiger partial charge in [-0.2, -0.15) is 0 Å². The van der Waals surface area contributed by atoms with Crippen molar-refractivity contribution in [1.29, 1.82) is 0 Å². The van der Waals surface area contributed by atoms with Crippen LogP contribution in [0.25, 0.3) is 0 Å². The summed E-state index contributed by atoms with van der Waals surface area (Å²) >= 11 is 0. The van der Waals surface area contributed by atoms with Crippen LogP contribution in [0.1, 0.15) is 12.0 Å². The third-order valence-electron chi connectivity index (χ3n) is 2.40. The van der Waals surface area contributed by atoms with Crippen LogP contribution in [0.5, 0.6) is 5.75 Å². The zero-order valence-electron chi connectivity index (χ0n) is 10.1. The molecule has 0 aliphatic rings. The predicted octanol–water partition coefficient (Wildman–Crippen LogP) is 0.726. The van der Waals surface area contributed by atoms with Gasteiger partial charge in [0.05, 0.1) is 13.5 Å². The number of carboxylic acid groups (broad SMARTS) is 1. The van der Waals surface area contributed by atoms with Crippen molar-refractivity contribution in [3.8, 4) is 5.75 Å². The van der Waals surface area contributed by atoms with E-state index in [4.69, 9.17) is 15.6 Å². The van der Waals surface area contributed by atoms with Gasteiger partial charge in [0.15, 0.2) is 0 Å². The Morgan fingerprint density at radius 3 is 2.94 bits per heavy atom. The highest BCUT2D eigenvalue weighted by Crippen LogP contribution is 2.18. The minimum atomic E-state index is -0.937. The number of benzene rings is 1. The van der Waals surface area contributed by atoms with E-state index in [-0.39, 0.29) is 12.2 Å². The summed E-state index contributed by atoms with van der Waals surface area (Å²) in [6, 6.07) is 3.76. The molecule has 0 bridgehead atoms. The summed E-state index contributed by atoms with van der Waals surface area (Å²) in [7, 11) is 1.51. The first-order chi connectivity index (χ1) is 8.52. The molecular weight excluding hydrogens is 239 g/mol. The molecule has 0 saturated heterocycles. The molecule has 5 nitrogen and oxygen atoms in total. The molecule has 0 aliphatic heterocycles. The Hall–Kier alpha value is -1.66. The van der Waals surface area contributed by atoms with Gasteiger partial charge in [0.25, 0.3) is 0 Å². The van der Waals surface area contributed by atoms with Crippen LogP contribution in [-0.4, -0.2) is 30.8 Å². The maximum absolute atomic E-state index is 13.1. The zero-order chi connectivity index (χ0) is 13.5. The van der Waals surface area contributed by atoms with Crippen molar-refractivity contribution in [2.24, 2.45) is 5.73 Å². The minimum absolute atomic E-state index is 0.104. The molecule has 0 spiro atoms. The highest BCUT2D eigenvalue weighted by molar-refractivity contribution is 5.67. The number of aliphatic carboxylic acids is 1. The molecule has 4 N–H and O–H groups in total. The molecule has 0 aliphatic carbocycles. The van der Waals surface area contributed by atoms with Crippen molar-refractivity contribution in [1.82, 2.24) is 5.32 Å². The first kappa shape index (κ1) is 14.4. The monoisotopic (exact) mass is 256 g/mol. The number of nitrogens with two attached hydrogens (primary N) is 1. The van der Waals surface area contributed by atoms with Crippen molar-refractivity contribution in [3.05, 3.63) is 29.6 Å². The fraction of sp³-hybridized carbons (Fsp3) is 0.417. The van der Waals surface area contributed by atoms with E-state index in [0.29, 0.717) is 24.4 Å². The number of hydrogen-bond acceptors (Lipinski definition) is 4. The van der Waals surface area contributed by atoms with E-state index in [9.17, 15) is 9.18 Å². The zero-order valence-corrected chi connectivity index (χ0v) is 10.1. The van der Waals surface area contributed by atoms with Crippen LogP contribution in [0, 0.1) is 5.82 Å². The van der Waals surface area contributed by atoms with E-state index in [2.05, 4.69) is 5.32 Å². The van der Waals surface area contributed by atoms with E-state index in [1.54, 1.807) is 6.07 Å². The molecule has 18 heavy (non-hydrogen) atoms. The number of carbonyl (C=O) groups is 1. The Morgan fingerprint density at radius 1 is 1.61 bits per heavy atom. The maximum Gasteiger partial charge on any atom is 0.304 e. The predicted molar refractivity (Wildman–Crippen MR) is 64.9 cm³/mol. The molecule has 1 aromatic rings. The fourth-order valence-corrected chi connectivity index (χ4v) is 1.57. The van der Waals surface area contributed by atoms with E-state index in [0.717, 1.165) is 0 Å². The lowest BCUT2D eigenvalue weighted by Crippen LogP contribution is -2.35. The van der Waals surface area contributed by atoms with Gasteiger partial charge in [0.1, 0.15) is 11.6 Å². The maximum atomic E-state index is 13.1. The molecule has 0 fully saturated rings. The standard InChI is InChI=1S/C12H17FN2O3/c1-18-11-3-2-9(13)4-8(11)6-15-7-10(14)5-12(16)17/h2-4,10,15H,5-7,14H2,1H3,(H,16,17). The molecule has 0 amide bonds. The molecule has 1 unspecified atom stereocenters. The van der Waals surface area contributed by atoms with Crippen molar-refractivity contribution in [3.63, 3.8) is 0 Å². The summed E-state index contributed by atoms with van der Waals surface area (Å²) < 4.78 is 18.1. The van der Waals surface area contributed by atoms with Gasteiger partial charge >= 0.3 is 5.97 Å². The second kappa shape index (κ2) is 6.93. The van der Waals surface area contributed by atoms with E-state index in [1.165, 1.54) is 19.2 Å². The molecule has 0 saturated carbocycles. The van der Waals surface area contributed by atoms with Gasteiger partial charge in [-0.25, -0.2) is 4.39 Å². The molecular formula is C12H17FN2O3. The van der Waals surface area contributed by atoms with Crippen LogP contribution in [0.4, 0.5) is 4.39 Å². The molecule has 0 aromatic heterocycles. The second-order valence-electron chi connectivity index (χ2n) is 3.95. The third kappa shape index (κ3) is 4.68. The smallest absolute Gasteiger partial charge is 0.304 e. The number of nitrogens with one attached hydrogen (secondary N) is 1. The largest absolute Gasteiger partial charge is 0.496 e. The number of halogens is 1. The third-order valence-corrected chi connectivity index (χ3v) is 2.40. The number of ether oxygens (including phenoxy) is 1. The lowest BCUT2D eigenvalue weighted by atomic mass is 10.1. The van der Waals surface area contributed by atoms with Gasteiger partial charge in [0.2, 0.25) is 0 Å². The van der Waals surface area contributed by atoms with Gasteiger partial charge < -0.3 is 20.9 Å². The van der Waals surface area contributed by atoms with Gasteiger partial charge in [-0.15, -0.1) is 0 Å². The van der Waals surface area contributed by atoms with Crippen molar-refractivity contribution in [2.45, 2.75) is 19.0 Å². The molecule has 1 atom stereocenters. The average Bonchev–Trinajstić information content (AvgIpc) is 2.28. The van der Waals surface area contributed by atoms with Gasteiger partial charge in [-0.05, 0) is 18.2 Å².